The monoisotopic (exact) mass is 942 g/mol. The fourth-order valence-electron chi connectivity index (χ4n) is 7.52. The molecule has 320 valence electrons. The molecule has 0 aliphatic carbocycles. The molecule has 1 amide bonds. The number of anilines is 2. The highest BCUT2D eigenvalue weighted by atomic mass is 35.5. The molecule has 2 fully saturated rings. The lowest BCUT2D eigenvalue weighted by atomic mass is 10.0. The zero-order valence-electron chi connectivity index (χ0n) is 33.7. The van der Waals surface area contributed by atoms with Gasteiger partial charge in [-0.2, -0.15) is 10.2 Å². The molecule has 8 rings (SSSR count). The second-order valence-electron chi connectivity index (χ2n) is 14.6. The molecule has 2 aliphatic rings. The van der Waals surface area contributed by atoms with E-state index < -0.39 is 5.97 Å². The summed E-state index contributed by atoms with van der Waals surface area (Å²) in [4.78, 5) is 30.1. The third kappa shape index (κ3) is 11.1. The van der Waals surface area contributed by atoms with Crippen molar-refractivity contribution in [2.75, 3.05) is 49.1 Å². The molecular formula is C44H44Cl6N8O3. The zero-order chi connectivity index (χ0) is 44.0. The van der Waals surface area contributed by atoms with Gasteiger partial charge in [0.15, 0.2) is 0 Å². The first kappa shape index (κ1) is 46.1. The van der Waals surface area contributed by atoms with Gasteiger partial charge >= 0.3 is 5.97 Å². The third-order valence-electron chi connectivity index (χ3n) is 10.5. The van der Waals surface area contributed by atoms with E-state index >= 15 is 0 Å². The molecule has 2 unspecified atom stereocenters. The predicted octanol–water partition coefficient (Wildman–Crippen LogP) is 11.2. The summed E-state index contributed by atoms with van der Waals surface area (Å²) in [5.74, 6) is -0.941. The molecule has 2 aliphatic heterocycles. The molecule has 61 heavy (non-hydrogen) atoms. The number of aromatic amines is 2. The first-order valence-corrected chi connectivity index (χ1v) is 21.6. The number of benzene rings is 4. The average molecular weight is 946 g/mol. The Morgan fingerprint density at radius 2 is 1.07 bits per heavy atom. The van der Waals surface area contributed by atoms with Crippen LogP contribution in [0.3, 0.4) is 0 Å². The van der Waals surface area contributed by atoms with E-state index in [1.54, 1.807) is 26.0 Å². The van der Waals surface area contributed by atoms with Crippen LogP contribution in [0.2, 0.25) is 30.1 Å². The quantitative estimate of drug-likeness (QED) is 0.130. The van der Waals surface area contributed by atoms with Gasteiger partial charge in [0, 0.05) is 70.7 Å². The highest BCUT2D eigenvalue weighted by Crippen LogP contribution is 2.38. The zero-order valence-corrected chi connectivity index (χ0v) is 38.3. The molecule has 2 aromatic heterocycles. The number of carbonyl (C=O) groups is 2. The number of carboxylic acid groups (broad SMARTS) is 1. The molecule has 2 atom stereocenters. The van der Waals surface area contributed by atoms with Crippen LogP contribution in [-0.2, 0) is 0 Å². The van der Waals surface area contributed by atoms with Gasteiger partial charge in [0.25, 0.3) is 5.91 Å². The molecule has 17 heteroatoms. The summed E-state index contributed by atoms with van der Waals surface area (Å²) in [7, 11) is 0. The number of amides is 1. The molecule has 0 bridgehead atoms. The fourth-order valence-corrected chi connectivity index (χ4v) is 8.81. The minimum atomic E-state index is -0.927. The number of nitrogens with one attached hydrogen (secondary N) is 3. The highest BCUT2D eigenvalue weighted by molar-refractivity contribution is 6.37. The van der Waals surface area contributed by atoms with E-state index in [4.69, 9.17) is 74.7 Å². The normalized spacial score (nSPS) is 16.3. The number of carboxylic acids is 1. The number of piperazine rings is 2. The van der Waals surface area contributed by atoms with Gasteiger partial charge in [0.1, 0.15) is 5.56 Å². The Hall–Kier alpha value is -4.46. The Balaban J connectivity index is 0.000000173. The third-order valence-corrected chi connectivity index (χ3v) is 12.1. The number of hydrogen-bond acceptors (Lipinski definition) is 7. The van der Waals surface area contributed by atoms with E-state index in [9.17, 15) is 9.59 Å². The van der Waals surface area contributed by atoms with E-state index in [-0.39, 0.29) is 23.6 Å². The van der Waals surface area contributed by atoms with Gasteiger partial charge in [-0.1, -0.05) is 93.9 Å². The maximum absolute atomic E-state index is 13.3. The SMILES string of the molecule is Cc1n[nH]c(C)c1C(=O)N1CCN(c2ccc(Cl)cc2Cl)C(c2ccc(Cl)cc2)C1.Cc1n[nH]c(C)c1C(=O)O.Clc1ccc(C2CNCCN2c2ccc(Cl)cc2Cl)cc1. The molecule has 11 nitrogen and oxygen atoms in total. The Bertz CT molecular complexity index is 2440. The summed E-state index contributed by atoms with van der Waals surface area (Å²) in [6.45, 7) is 11.5. The number of halogens is 6. The van der Waals surface area contributed by atoms with Crippen LogP contribution >= 0.6 is 69.6 Å². The summed E-state index contributed by atoms with van der Waals surface area (Å²) < 4.78 is 0. The molecule has 0 radical (unpaired) electrons. The number of aryl methyl sites for hydroxylation is 4. The molecule has 0 saturated carbocycles. The number of carbonyl (C=O) groups excluding carboxylic acids is 1. The maximum atomic E-state index is 13.3. The van der Waals surface area contributed by atoms with Crippen molar-refractivity contribution in [2.45, 2.75) is 39.8 Å². The molecule has 6 aromatic rings. The topological polar surface area (TPSA) is 133 Å². The minimum absolute atomic E-state index is 0.0143. The molecule has 0 spiro atoms. The van der Waals surface area contributed by atoms with E-state index in [1.165, 1.54) is 5.56 Å². The second kappa shape index (κ2) is 20.6. The van der Waals surface area contributed by atoms with E-state index in [2.05, 4.69) is 47.6 Å². The van der Waals surface area contributed by atoms with Crippen molar-refractivity contribution >= 4 is 92.9 Å². The van der Waals surface area contributed by atoms with Gasteiger partial charge in [-0.25, -0.2) is 4.79 Å². The highest BCUT2D eigenvalue weighted by Gasteiger charge is 2.34. The summed E-state index contributed by atoms with van der Waals surface area (Å²) in [5.41, 5.74) is 7.73. The number of rotatable bonds is 6. The van der Waals surface area contributed by atoms with Crippen LogP contribution in [0.5, 0.6) is 0 Å². The van der Waals surface area contributed by atoms with Crippen molar-refractivity contribution < 1.29 is 14.7 Å². The standard InChI is InChI=1S/C22H21Cl3N4O.C16H15Cl3N2.C6H8N2O2/c1-13-21(14(2)27-26-13)22(30)28-9-10-29(19-8-7-17(24)11-18(19)25)20(12-28)15-3-5-16(23)6-4-15;17-12-3-1-11(2-4-12)16-10-20-7-8-21(16)15-6-5-13(18)9-14(15)19;1-3-5(6(9)10)4(2)8-7-3/h3-8,11,20H,9-10,12H2,1-2H3,(H,26,27);1-6,9,16,20H,7-8,10H2;1-2H3,(H,7,8)(H,9,10). The van der Waals surface area contributed by atoms with Crippen molar-refractivity contribution in [2.24, 2.45) is 0 Å². The van der Waals surface area contributed by atoms with Crippen LogP contribution < -0.4 is 15.1 Å². The molecular weight excluding hydrogens is 901 g/mol. The largest absolute Gasteiger partial charge is 0.478 e. The Morgan fingerprint density at radius 1 is 0.607 bits per heavy atom. The second-order valence-corrected chi connectivity index (χ2v) is 17.2. The van der Waals surface area contributed by atoms with Crippen LogP contribution in [0, 0.1) is 27.7 Å². The lowest BCUT2D eigenvalue weighted by Gasteiger charge is -2.43. The van der Waals surface area contributed by atoms with Crippen molar-refractivity contribution in [3.8, 4) is 0 Å². The van der Waals surface area contributed by atoms with Gasteiger partial charge < -0.3 is 25.1 Å². The van der Waals surface area contributed by atoms with Crippen LogP contribution in [-0.4, -0.2) is 81.5 Å². The molecule has 4 aromatic carbocycles. The predicted molar refractivity (Wildman–Crippen MR) is 248 cm³/mol. The van der Waals surface area contributed by atoms with Crippen molar-refractivity contribution in [3.63, 3.8) is 0 Å². The van der Waals surface area contributed by atoms with E-state index in [0.29, 0.717) is 67.4 Å². The van der Waals surface area contributed by atoms with Gasteiger partial charge in [-0.3, -0.25) is 15.0 Å². The van der Waals surface area contributed by atoms with Crippen LogP contribution in [0.25, 0.3) is 0 Å². The Kier molecular flexibility index (Phi) is 15.6. The first-order chi connectivity index (χ1) is 29.1. The molecule has 4 N–H and O–H groups in total. The van der Waals surface area contributed by atoms with Gasteiger partial charge in [-0.15, -0.1) is 0 Å². The van der Waals surface area contributed by atoms with Crippen molar-refractivity contribution in [1.29, 1.82) is 0 Å². The summed E-state index contributed by atoms with van der Waals surface area (Å²) in [5, 5.41) is 29.3. The van der Waals surface area contributed by atoms with Crippen LogP contribution in [0.1, 0.15) is 66.7 Å². The van der Waals surface area contributed by atoms with Gasteiger partial charge in [-0.05, 0) is 99.5 Å². The number of aromatic nitrogens is 4. The molecule has 2 saturated heterocycles. The maximum Gasteiger partial charge on any atom is 0.339 e. The van der Waals surface area contributed by atoms with Crippen molar-refractivity contribution in [1.82, 2.24) is 30.6 Å². The Labute approximate surface area is 384 Å². The van der Waals surface area contributed by atoms with Crippen molar-refractivity contribution in [3.05, 3.63) is 160 Å². The Morgan fingerprint density at radius 3 is 1.51 bits per heavy atom. The van der Waals surface area contributed by atoms with E-state index in [0.717, 1.165) is 47.3 Å². The van der Waals surface area contributed by atoms with Gasteiger partial charge in [0.2, 0.25) is 0 Å². The fraction of sp³-hybridized carbons (Fsp3) is 0.273. The van der Waals surface area contributed by atoms with Crippen LogP contribution in [0.15, 0.2) is 84.9 Å². The minimum Gasteiger partial charge on any atom is -0.478 e. The van der Waals surface area contributed by atoms with Gasteiger partial charge in [0.05, 0.1) is 50.5 Å². The van der Waals surface area contributed by atoms with Crippen LogP contribution in [0.4, 0.5) is 11.4 Å². The average Bonchev–Trinajstić information content (AvgIpc) is 3.76. The summed E-state index contributed by atoms with van der Waals surface area (Å²) in [6.07, 6.45) is 0. The lowest BCUT2D eigenvalue weighted by molar-refractivity contribution is 0.0692. The number of hydrogen-bond donors (Lipinski definition) is 4. The first-order valence-electron chi connectivity index (χ1n) is 19.3. The summed E-state index contributed by atoms with van der Waals surface area (Å²) in [6, 6.07) is 27.0. The van der Waals surface area contributed by atoms with E-state index in [1.807, 2.05) is 79.4 Å². The summed E-state index contributed by atoms with van der Waals surface area (Å²) >= 11 is 37.1. The number of H-pyrrole nitrogens is 2. The lowest BCUT2D eigenvalue weighted by Crippen LogP contribution is -2.51. The molecule has 4 heterocycles. The number of nitrogens with zero attached hydrogens (tertiary/aromatic N) is 5. The smallest absolute Gasteiger partial charge is 0.339 e. The number of aromatic carboxylic acids is 1.